The van der Waals surface area contributed by atoms with Crippen LogP contribution in [0.1, 0.15) is 24.5 Å². The molecule has 0 aromatic heterocycles. The summed E-state index contributed by atoms with van der Waals surface area (Å²) in [6, 6.07) is 17.7. The maximum absolute atomic E-state index is 13.3. The predicted octanol–water partition coefficient (Wildman–Crippen LogP) is 4.48. The Morgan fingerprint density at radius 3 is 2.42 bits per heavy atom. The van der Waals surface area contributed by atoms with Gasteiger partial charge in [0.25, 0.3) is 17.7 Å². The maximum atomic E-state index is 13.3. The van der Waals surface area contributed by atoms with Gasteiger partial charge in [0.15, 0.2) is 18.1 Å². The monoisotopic (exact) mass is 543 g/mol. The van der Waals surface area contributed by atoms with E-state index in [2.05, 4.69) is 10.6 Å². The number of ether oxygens (including phenoxy) is 3. The van der Waals surface area contributed by atoms with E-state index < -0.39 is 17.8 Å². The number of aryl methyl sites for hydroxylation is 1. The van der Waals surface area contributed by atoms with Crippen molar-refractivity contribution >= 4 is 41.2 Å². The van der Waals surface area contributed by atoms with E-state index in [4.69, 9.17) is 14.2 Å². The van der Waals surface area contributed by atoms with Crippen LogP contribution in [0.2, 0.25) is 0 Å². The molecular weight excluding hydrogens is 514 g/mol. The van der Waals surface area contributed by atoms with Gasteiger partial charge < -0.3 is 19.5 Å². The van der Waals surface area contributed by atoms with E-state index in [1.54, 1.807) is 42.5 Å². The van der Waals surface area contributed by atoms with Gasteiger partial charge in [-0.3, -0.25) is 19.7 Å². The van der Waals surface area contributed by atoms with Crippen molar-refractivity contribution in [2.45, 2.75) is 20.3 Å². The summed E-state index contributed by atoms with van der Waals surface area (Å²) < 4.78 is 16.5. The Kier molecular flexibility index (Phi) is 8.80. The number of rotatable bonds is 10. The number of carbonyl (C=O) groups excluding carboxylic acids is 4. The number of nitrogens with zero attached hydrogens (tertiary/aromatic N) is 1. The molecule has 10 nitrogen and oxygen atoms in total. The predicted molar refractivity (Wildman–Crippen MR) is 150 cm³/mol. The van der Waals surface area contributed by atoms with Gasteiger partial charge in [-0.15, -0.1) is 0 Å². The summed E-state index contributed by atoms with van der Waals surface area (Å²) in [6.45, 7) is 4.14. The lowest BCUT2D eigenvalue weighted by atomic mass is 10.1. The van der Waals surface area contributed by atoms with E-state index in [-0.39, 0.29) is 23.8 Å². The minimum absolute atomic E-state index is 0.196. The van der Waals surface area contributed by atoms with Crippen LogP contribution in [0.4, 0.5) is 16.2 Å². The molecule has 0 aliphatic carbocycles. The van der Waals surface area contributed by atoms with Crippen LogP contribution in [-0.2, 0) is 14.4 Å². The fourth-order valence-electron chi connectivity index (χ4n) is 3.89. The Labute approximate surface area is 231 Å². The SMILES string of the molecule is CCCOc1ccc(N2C(=O)NC(=O)/C(=C/c3ccc(OCC(=O)Nc4ccccc4C)cc3)C2=O)cc1OC. The van der Waals surface area contributed by atoms with Crippen LogP contribution in [-0.4, -0.2) is 44.1 Å². The van der Waals surface area contributed by atoms with Crippen LogP contribution in [0.25, 0.3) is 6.08 Å². The molecule has 0 unspecified atom stereocenters. The fourth-order valence-corrected chi connectivity index (χ4v) is 3.89. The summed E-state index contributed by atoms with van der Waals surface area (Å²) in [5, 5.41) is 4.99. The van der Waals surface area contributed by atoms with E-state index in [0.717, 1.165) is 16.9 Å². The standard InChI is InChI=1S/C30H29N3O7/c1-4-15-39-25-14-11-21(17-26(25)38-3)33-29(36)23(28(35)32-30(33)37)16-20-9-12-22(13-10-20)40-18-27(34)31-24-8-6-5-7-19(24)2/h5-14,16-17H,4,15,18H2,1-3H3,(H,31,34)(H,32,35,37)/b23-16-. The Balaban J connectivity index is 1.46. The van der Waals surface area contributed by atoms with Crippen LogP contribution < -0.4 is 29.7 Å². The van der Waals surface area contributed by atoms with Crippen molar-refractivity contribution in [2.24, 2.45) is 0 Å². The summed E-state index contributed by atoms with van der Waals surface area (Å²) in [4.78, 5) is 51.5. The summed E-state index contributed by atoms with van der Waals surface area (Å²) >= 11 is 0. The molecule has 10 heteroatoms. The maximum Gasteiger partial charge on any atom is 0.335 e. The number of hydrogen-bond donors (Lipinski definition) is 2. The molecule has 5 amide bonds. The third kappa shape index (κ3) is 6.47. The lowest BCUT2D eigenvalue weighted by molar-refractivity contribution is -0.122. The smallest absolute Gasteiger partial charge is 0.335 e. The second-order valence-electron chi connectivity index (χ2n) is 8.86. The summed E-state index contributed by atoms with van der Waals surface area (Å²) in [6.07, 6.45) is 2.17. The Hall–Kier alpha value is -5.12. The Morgan fingerprint density at radius 2 is 1.73 bits per heavy atom. The highest BCUT2D eigenvalue weighted by molar-refractivity contribution is 6.39. The molecule has 4 rings (SSSR count). The molecule has 1 fully saturated rings. The summed E-state index contributed by atoms with van der Waals surface area (Å²) in [5.74, 6) is -0.662. The van der Waals surface area contributed by atoms with Crippen molar-refractivity contribution in [1.29, 1.82) is 0 Å². The zero-order valence-corrected chi connectivity index (χ0v) is 22.4. The average molecular weight is 544 g/mol. The minimum Gasteiger partial charge on any atom is -0.493 e. The van der Waals surface area contributed by atoms with Crippen LogP contribution in [0.5, 0.6) is 17.2 Å². The van der Waals surface area contributed by atoms with Crippen LogP contribution >= 0.6 is 0 Å². The van der Waals surface area contributed by atoms with Gasteiger partial charge in [-0.05, 0) is 60.9 Å². The third-order valence-corrected chi connectivity index (χ3v) is 5.95. The molecule has 1 heterocycles. The second kappa shape index (κ2) is 12.6. The van der Waals surface area contributed by atoms with Crippen molar-refractivity contribution in [3.8, 4) is 17.2 Å². The molecule has 0 bridgehead atoms. The molecule has 1 saturated heterocycles. The molecule has 0 atom stereocenters. The van der Waals surface area contributed by atoms with Gasteiger partial charge in [-0.25, -0.2) is 9.69 Å². The lowest BCUT2D eigenvalue weighted by Crippen LogP contribution is -2.54. The molecule has 3 aromatic carbocycles. The largest absolute Gasteiger partial charge is 0.493 e. The molecule has 0 radical (unpaired) electrons. The molecule has 2 N–H and O–H groups in total. The molecule has 1 aliphatic rings. The number of nitrogens with one attached hydrogen (secondary N) is 2. The number of hydrogen-bond acceptors (Lipinski definition) is 7. The molecule has 206 valence electrons. The number of anilines is 2. The van der Waals surface area contributed by atoms with Crippen molar-refractivity contribution in [3.63, 3.8) is 0 Å². The molecule has 0 spiro atoms. The van der Waals surface area contributed by atoms with Crippen LogP contribution in [0.3, 0.4) is 0 Å². The first-order valence-electron chi connectivity index (χ1n) is 12.6. The number of urea groups is 1. The third-order valence-electron chi connectivity index (χ3n) is 5.95. The summed E-state index contributed by atoms with van der Waals surface area (Å²) in [7, 11) is 1.45. The van der Waals surface area contributed by atoms with Gasteiger partial charge in [0, 0.05) is 11.8 Å². The van der Waals surface area contributed by atoms with E-state index in [1.807, 2.05) is 32.0 Å². The number of para-hydroxylation sites is 1. The minimum atomic E-state index is -0.871. The van der Waals surface area contributed by atoms with Crippen LogP contribution in [0.15, 0.2) is 72.3 Å². The van der Waals surface area contributed by atoms with Crippen molar-refractivity contribution in [3.05, 3.63) is 83.4 Å². The average Bonchev–Trinajstić information content (AvgIpc) is 2.95. The van der Waals surface area contributed by atoms with Crippen molar-refractivity contribution in [1.82, 2.24) is 5.32 Å². The zero-order valence-electron chi connectivity index (χ0n) is 22.4. The highest BCUT2D eigenvalue weighted by atomic mass is 16.5. The topological polar surface area (TPSA) is 123 Å². The van der Waals surface area contributed by atoms with Gasteiger partial charge in [0.1, 0.15) is 11.3 Å². The molecule has 0 saturated carbocycles. The van der Waals surface area contributed by atoms with E-state index in [9.17, 15) is 19.2 Å². The lowest BCUT2D eigenvalue weighted by Gasteiger charge is -2.27. The first-order valence-corrected chi connectivity index (χ1v) is 12.6. The Bertz CT molecular complexity index is 1460. The molecule has 40 heavy (non-hydrogen) atoms. The number of barbiturate groups is 1. The number of methoxy groups -OCH3 is 1. The molecule has 1 aliphatic heterocycles. The van der Waals surface area contributed by atoms with Crippen LogP contribution in [0, 0.1) is 6.92 Å². The van der Waals surface area contributed by atoms with Crippen molar-refractivity contribution in [2.75, 3.05) is 30.5 Å². The summed E-state index contributed by atoms with van der Waals surface area (Å²) in [5.41, 5.74) is 2.16. The normalized spacial score (nSPS) is 14.1. The van der Waals surface area contributed by atoms with E-state index >= 15 is 0 Å². The number of amides is 5. The zero-order chi connectivity index (χ0) is 28.6. The number of carbonyl (C=O) groups is 4. The fraction of sp³-hybridized carbons (Fsp3) is 0.200. The highest BCUT2D eigenvalue weighted by Gasteiger charge is 2.37. The number of imide groups is 2. The quantitative estimate of drug-likeness (QED) is 0.286. The van der Waals surface area contributed by atoms with Gasteiger partial charge in [0.05, 0.1) is 19.4 Å². The highest BCUT2D eigenvalue weighted by Crippen LogP contribution is 2.33. The second-order valence-corrected chi connectivity index (χ2v) is 8.86. The van der Waals surface area contributed by atoms with Gasteiger partial charge in [0.2, 0.25) is 0 Å². The van der Waals surface area contributed by atoms with Gasteiger partial charge >= 0.3 is 6.03 Å². The van der Waals surface area contributed by atoms with Gasteiger partial charge in [-0.2, -0.15) is 0 Å². The van der Waals surface area contributed by atoms with E-state index in [0.29, 0.717) is 35.1 Å². The molecule has 3 aromatic rings. The van der Waals surface area contributed by atoms with E-state index in [1.165, 1.54) is 19.3 Å². The number of benzene rings is 3. The molecular formula is C30H29N3O7. The first-order chi connectivity index (χ1) is 19.3. The Morgan fingerprint density at radius 1 is 0.975 bits per heavy atom. The first kappa shape index (κ1) is 27.9. The van der Waals surface area contributed by atoms with Gasteiger partial charge in [-0.1, -0.05) is 37.3 Å². The van der Waals surface area contributed by atoms with Crippen molar-refractivity contribution < 1.29 is 33.4 Å².